The summed E-state index contributed by atoms with van der Waals surface area (Å²) in [5.74, 6) is 0.607. The van der Waals surface area contributed by atoms with Gasteiger partial charge >= 0.3 is 0 Å². The molecule has 2 N–H and O–H groups in total. The molecule has 20 heavy (non-hydrogen) atoms. The van der Waals surface area contributed by atoms with Crippen molar-refractivity contribution < 1.29 is 4.92 Å². The minimum absolute atomic E-state index is 0.134. The first kappa shape index (κ1) is 14.6. The summed E-state index contributed by atoms with van der Waals surface area (Å²) < 4.78 is 0. The van der Waals surface area contributed by atoms with Crippen LogP contribution in [-0.2, 0) is 0 Å². The molecule has 0 aliphatic heterocycles. The molecule has 0 bridgehead atoms. The molecule has 0 aliphatic rings. The largest absolute Gasteiger partial charge is 0.323 e. The van der Waals surface area contributed by atoms with Crippen LogP contribution in [0.2, 0.25) is 0 Å². The number of rotatable bonds is 5. The van der Waals surface area contributed by atoms with Crippen molar-refractivity contribution >= 4 is 17.4 Å². The van der Waals surface area contributed by atoms with Crippen LogP contribution in [0.15, 0.2) is 53.4 Å². The van der Waals surface area contributed by atoms with E-state index in [2.05, 4.69) is 0 Å². The van der Waals surface area contributed by atoms with E-state index < -0.39 is 0 Å². The van der Waals surface area contributed by atoms with Gasteiger partial charge in [-0.15, -0.1) is 11.8 Å². The van der Waals surface area contributed by atoms with E-state index in [0.717, 1.165) is 11.1 Å². The lowest BCUT2D eigenvalue weighted by Gasteiger charge is -2.14. The molecule has 1 atom stereocenters. The van der Waals surface area contributed by atoms with E-state index >= 15 is 0 Å². The zero-order valence-electron chi connectivity index (χ0n) is 11.2. The topological polar surface area (TPSA) is 69.2 Å². The molecule has 0 heterocycles. The second kappa shape index (κ2) is 6.54. The smallest absolute Gasteiger partial charge is 0.282 e. The van der Waals surface area contributed by atoms with E-state index in [1.165, 1.54) is 17.8 Å². The molecule has 104 valence electrons. The van der Waals surface area contributed by atoms with Crippen molar-refractivity contribution in [3.8, 4) is 0 Å². The van der Waals surface area contributed by atoms with Crippen LogP contribution in [0, 0.1) is 17.0 Å². The summed E-state index contributed by atoms with van der Waals surface area (Å²) in [6.07, 6.45) is 0. The summed E-state index contributed by atoms with van der Waals surface area (Å²) in [5, 5.41) is 11.0. The number of hydrogen-bond acceptors (Lipinski definition) is 4. The Morgan fingerprint density at radius 1 is 1.20 bits per heavy atom. The van der Waals surface area contributed by atoms with Gasteiger partial charge < -0.3 is 5.73 Å². The molecule has 0 radical (unpaired) electrons. The van der Waals surface area contributed by atoms with Crippen LogP contribution < -0.4 is 5.73 Å². The van der Waals surface area contributed by atoms with Crippen LogP contribution in [0.5, 0.6) is 0 Å². The van der Waals surface area contributed by atoms with Crippen molar-refractivity contribution in [3.63, 3.8) is 0 Å². The fourth-order valence-corrected chi connectivity index (χ4v) is 3.01. The number of nitro groups is 1. The lowest BCUT2D eigenvalue weighted by atomic mass is 10.0. The van der Waals surface area contributed by atoms with E-state index in [-0.39, 0.29) is 16.7 Å². The highest BCUT2D eigenvalue weighted by Gasteiger charge is 2.15. The molecule has 0 spiro atoms. The Morgan fingerprint density at radius 2 is 1.85 bits per heavy atom. The Morgan fingerprint density at radius 3 is 2.55 bits per heavy atom. The molecule has 1 unspecified atom stereocenters. The van der Waals surface area contributed by atoms with Crippen molar-refractivity contribution in [2.75, 3.05) is 5.75 Å². The van der Waals surface area contributed by atoms with Gasteiger partial charge in [0.2, 0.25) is 0 Å². The number of nitrogens with zero attached hydrogens (tertiary/aromatic N) is 1. The van der Waals surface area contributed by atoms with Gasteiger partial charge in [-0.05, 0) is 24.1 Å². The summed E-state index contributed by atoms with van der Waals surface area (Å²) in [6, 6.07) is 14.6. The highest BCUT2D eigenvalue weighted by atomic mass is 32.2. The van der Waals surface area contributed by atoms with Gasteiger partial charge in [-0.25, -0.2) is 0 Å². The number of nitrogens with two attached hydrogens (primary N) is 1. The first-order valence-corrected chi connectivity index (χ1v) is 7.25. The number of nitro benzene ring substituents is 1. The standard InChI is InChI=1S/C15H16N2O2S/c1-11-6-2-3-7-12(11)13(16)10-20-15-9-5-4-8-14(15)17(18)19/h2-9,13H,10,16H2,1H3. The van der Waals surface area contributed by atoms with E-state index in [4.69, 9.17) is 5.73 Å². The van der Waals surface area contributed by atoms with Crippen LogP contribution in [0.25, 0.3) is 0 Å². The zero-order valence-corrected chi connectivity index (χ0v) is 12.0. The van der Waals surface area contributed by atoms with E-state index in [9.17, 15) is 10.1 Å². The predicted octanol–water partition coefficient (Wildman–Crippen LogP) is 3.70. The van der Waals surface area contributed by atoms with E-state index in [0.29, 0.717) is 10.6 Å². The zero-order chi connectivity index (χ0) is 14.5. The third kappa shape index (κ3) is 3.37. The van der Waals surface area contributed by atoms with Gasteiger partial charge in [0.15, 0.2) is 0 Å². The summed E-state index contributed by atoms with van der Waals surface area (Å²) in [5.41, 5.74) is 8.54. The first-order valence-electron chi connectivity index (χ1n) is 6.27. The Kier molecular flexibility index (Phi) is 4.76. The molecule has 0 fully saturated rings. The van der Waals surface area contributed by atoms with Crippen molar-refractivity contribution in [2.45, 2.75) is 17.9 Å². The lowest BCUT2D eigenvalue weighted by Crippen LogP contribution is -2.14. The van der Waals surface area contributed by atoms with Crippen molar-refractivity contribution in [1.82, 2.24) is 0 Å². The van der Waals surface area contributed by atoms with Gasteiger partial charge in [-0.1, -0.05) is 36.4 Å². The molecule has 0 saturated carbocycles. The van der Waals surface area contributed by atoms with Crippen LogP contribution in [-0.4, -0.2) is 10.7 Å². The van der Waals surface area contributed by atoms with Gasteiger partial charge in [-0.3, -0.25) is 10.1 Å². The second-order valence-electron chi connectivity index (χ2n) is 4.50. The minimum Gasteiger partial charge on any atom is -0.323 e. The van der Waals surface area contributed by atoms with Gasteiger partial charge in [0.25, 0.3) is 5.69 Å². The number of thioether (sulfide) groups is 1. The summed E-state index contributed by atoms with van der Waals surface area (Å²) in [4.78, 5) is 11.2. The van der Waals surface area contributed by atoms with Crippen molar-refractivity contribution in [2.24, 2.45) is 5.73 Å². The van der Waals surface area contributed by atoms with Crippen molar-refractivity contribution in [1.29, 1.82) is 0 Å². The molecule has 2 aromatic carbocycles. The average Bonchev–Trinajstić information content (AvgIpc) is 2.45. The quantitative estimate of drug-likeness (QED) is 0.517. The maximum atomic E-state index is 11.0. The molecule has 0 aliphatic carbocycles. The van der Waals surface area contributed by atoms with Gasteiger partial charge in [0.1, 0.15) is 0 Å². The van der Waals surface area contributed by atoms with Gasteiger partial charge in [0, 0.05) is 17.9 Å². The maximum absolute atomic E-state index is 11.0. The Bertz CT molecular complexity index is 616. The van der Waals surface area contributed by atoms with E-state index in [1.54, 1.807) is 18.2 Å². The Balaban J connectivity index is 2.10. The molecule has 2 rings (SSSR count). The van der Waals surface area contributed by atoms with Gasteiger partial charge in [-0.2, -0.15) is 0 Å². The second-order valence-corrected chi connectivity index (χ2v) is 5.56. The fraction of sp³-hybridized carbons (Fsp3) is 0.200. The average molecular weight is 288 g/mol. The predicted molar refractivity (Wildman–Crippen MR) is 81.9 cm³/mol. The number of hydrogen-bond donors (Lipinski definition) is 1. The number of benzene rings is 2. The first-order chi connectivity index (χ1) is 9.59. The third-order valence-corrected chi connectivity index (χ3v) is 4.25. The molecule has 5 heteroatoms. The Hall–Kier alpha value is -1.85. The summed E-state index contributed by atoms with van der Waals surface area (Å²) in [6.45, 7) is 2.02. The normalized spacial score (nSPS) is 12.1. The fourth-order valence-electron chi connectivity index (χ4n) is 2.00. The van der Waals surface area contributed by atoms with Crippen LogP contribution >= 0.6 is 11.8 Å². The highest BCUT2D eigenvalue weighted by Crippen LogP contribution is 2.31. The summed E-state index contributed by atoms with van der Waals surface area (Å²) in [7, 11) is 0. The molecular weight excluding hydrogens is 272 g/mol. The monoisotopic (exact) mass is 288 g/mol. The lowest BCUT2D eigenvalue weighted by molar-refractivity contribution is -0.387. The molecular formula is C15H16N2O2S. The molecule has 4 nitrogen and oxygen atoms in total. The summed E-state index contributed by atoms with van der Waals surface area (Å²) >= 11 is 1.42. The number of para-hydroxylation sites is 1. The van der Waals surface area contributed by atoms with Crippen LogP contribution in [0.4, 0.5) is 5.69 Å². The molecule has 0 amide bonds. The minimum atomic E-state index is -0.359. The van der Waals surface area contributed by atoms with Crippen molar-refractivity contribution in [3.05, 3.63) is 69.8 Å². The SMILES string of the molecule is Cc1ccccc1C(N)CSc1ccccc1[N+](=O)[O-]. The van der Waals surface area contributed by atoms with E-state index in [1.807, 2.05) is 31.2 Å². The van der Waals surface area contributed by atoms with Crippen LogP contribution in [0.3, 0.4) is 0 Å². The van der Waals surface area contributed by atoms with Gasteiger partial charge in [0.05, 0.1) is 9.82 Å². The Labute approximate surface area is 122 Å². The van der Waals surface area contributed by atoms with Crippen LogP contribution in [0.1, 0.15) is 17.2 Å². The highest BCUT2D eigenvalue weighted by molar-refractivity contribution is 7.99. The maximum Gasteiger partial charge on any atom is 0.282 e. The number of aryl methyl sites for hydroxylation is 1. The molecule has 2 aromatic rings. The third-order valence-electron chi connectivity index (χ3n) is 3.07. The molecule has 0 aromatic heterocycles. The molecule has 0 saturated heterocycles.